The molecule has 3 fully saturated rings. The zero-order chi connectivity index (χ0) is 41.9. The first-order valence-electron chi connectivity index (χ1n) is 21.2. The second-order valence-electron chi connectivity index (χ2n) is 18.2. The average Bonchev–Trinajstić information content (AvgIpc) is 3.90. The van der Waals surface area contributed by atoms with Crippen molar-refractivity contribution >= 4 is 34.5 Å². The molecule has 2 bridgehead atoms. The molecule has 9 rings (SSSR count). The first kappa shape index (κ1) is 40.0. The van der Waals surface area contributed by atoms with Gasteiger partial charge in [-0.25, -0.2) is 4.79 Å². The highest BCUT2D eigenvalue weighted by Gasteiger charge is 2.80. The molecule has 1 saturated carbocycles. The van der Waals surface area contributed by atoms with Crippen LogP contribution in [0.4, 0.5) is 5.69 Å². The molecule has 59 heavy (non-hydrogen) atoms. The van der Waals surface area contributed by atoms with Crippen LogP contribution >= 0.6 is 0 Å². The number of hydrogen-bond acceptors (Lipinski definition) is 12. The lowest BCUT2D eigenvalue weighted by Gasteiger charge is -2.63. The molecule has 3 N–H and O–H groups in total. The van der Waals surface area contributed by atoms with E-state index in [4.69, 9.17) is 18.9 Å². The van der Waals surface area contributed by atoms with Gasteiger partial charge in [-0.15, -0.1) is 0 Å². The molecule has 1 spiro atoms. The summed E-state index contributed by atoms with van der Waals surface area (Å²) in [6.07, 6.45) is 5.94. The van der Waals surface area contributed by atoms with Gasteiger partial charge in [-0.2, -0.15) is 0 Å². The van der Waals surface area contributed by atoms with Crippen LogP contribution in [0, 0.1) is 11.3 Å². The van der Waals surface area contributed by atoms with E-state index >= 15 is 4.79 Å². The number of esters is 3. The number of nitrogens with zero attached hydrogens (tertiary/aromatic N) is 3. The van der Waals surface area contributed by atoms with Crippen LogP contribution < -0.4 is 9.64 Å². The van der Waals surface area contributed by atoms with Gasteiger partial charge in [-0.05, 0) is 74.2 Å². The fraction of sp³-hybridized carbons (Fsp3) is 0.587. The minimum absolute atomic E-state index is 0.0986. The van der Waals surface area contributed by atoms with Crippen molar-refractivity contribution in [1.82, 2.24) is 14.8 Å². The monoisotopic (exact) mass is 810 g/mol. The second kappa shape index (κ2) is 13.8. The van der Waals surface area contributed by atoms with E-state index in [1.807, 2.05) is 50.1 Å². The molecule has 0 radical (unpaired) electrons. The molecular weight excluding hydrogens is 753 g/mol. The number of para-hydroxylation sites is 1. The fourth-order valence-corrected chi connectivity index (χ4v) is 13.5. The molecule has 316 valence electrons. The lowest BCUT2D eigenvalue weighted by atomic mass is 9.47. The summed E-state index contributed by atoms with van der Waals surface area (Å²) in [5.41, 5.74) is -1.62. The van der Waals surface area contributed by atoms with Crippen molar-refractivity contribution in [2.24, 2.45) is 11.3 Å². The highest BCUT2D eigenvalue weighted by molar-refractivity contribution is 5.95. The summed E-state index contributed by atoms with van der Waals surface area (Å²) in [6, 6.07) is 11.0. The Labute approximate surface area is 345 Å². The van der Waals surface area contributed by atoms with E-state index in [9.17, 15) is 19.8 Å². The van der Waals surface area contributed by atoms with E-state index in [1.54, 1.807) is 7.11 Å². The number of anilines is 1. The maximum Gasteiger partial charge on any atom is 0.344 e. The summed E-state index contributed by atoms with van der Waals surface area (Å²) in [6.45, 7) is 8.62. The first-order chi connectivity index (χ1) is 28.2. The van der Waals surface area contributed by atoms with E-state index in [0.717, 1.165) is 33.4 Å². The van der Waals surface area contributed by atoms with Gasteiger partial charge >= 0.3 is 17.9 Å². The molecule has 1 aromatic heterocycles. The minimum Gasteiger partial charge on any atom is -0.496 e. The third-order valence-corrected chi connectivity index (χ3v) is 15.6. The lowest BCUT2D eigenvalue weighted by molar-refractivity contribution is -0.228. The number of fused-ring (bicyclic) bond motifs is 6. The molecule has 13 heteroatoms. The molecule has 5 aliphatic heterocycles. The number of piperidine rings is 1. The minimum atomic E-state index is -2.30. The number of nitrogens with one attached hydrogen (secondary N) is 1. The average molecular weight is 811 g/mol. The normalized spacial score (nSPS) is 37.0. The quantitative estimate of drug-likeness (QED) is 0.180. The van der Waals surface area contributed by atoms with E-state index in [-0.39, 0.29) is 12.0 Å². The van der Waals surface area contributed by atoms with Crippen molar-refractivity contribution in [1.29, 1.82) is 0 Å². The van der Waals surface area contributed by atoms with Gasteiger partial charge in [0.2, 0.25) is 5.60 Å². The van der Waals surface area contributed by atoms with Gasteiger partial charge < -0.3 is 39.0 Å². The zero-order valence-corrected chi connectivity index (χ0v) is 35.3. The first-order valence-corrected chi connectivity index (χ1v) is 21.2. The maximum absolute atomic E-state index is 15.3. The number of ether oxygens (including phenoxy) is 4. The summed E-state index contributed by atoms with van der Waals surface area (Å²) in [5.74, 6) is -1.56. The maximum atomic E-state index is 15.3. The smallest absolute Gasteiger partial charge is 0.344 e. The number of H-pyrrole nitrogens is 1. The molecule has 1 aliphatic carbocycles. The van der Waals surface area contributed by atoms with Crippen LogP contribution in [0.1, 0.15) is 75.3 Å². The number of aromatic amines is 1. The van der Waals surface area contributed by atoms with Gasteiger partial charge in [0, 0.05) is 90.9 Å². The molecule has 2 saturated heterocycles. The summed E-state index contributed by atoms with van der Waals surface area (Å²) in [5, 5.41) is 26.3. The number of rotatable bonds is 7. The largest absolute Gasteiger partial charge is 0.496 e. The van der Waals surface area contributed by atoms with Crippen molar-refractivity contribution in [3.63, 3.8) is 0 Å². The highest BCUT2D eigenvalue weighted by Crippen LogP contribution is 2.68. The zero-order valence-electron chi connectivity index (χ0n) is 35.3. The molecule has 10 atom stereocenters. The van der Waals surface area contributed by atoms with Crippen molar-refractivity contribution in [3.8, 4) is 5.75 Å². The second-order valence-corrected chi connectivity index (χ2v) is 18.2. The van der Waals surface area contributed by atoms with Crippen LogP contribution in [0.15, 0.2) is 48.6 Å². The summed E-state index contributed by atoms with van der Waals surface area (Å²) in [7, 11) is 6.15. The number of likely N-dealkylation sites (N-methyl/N-ethyl adjacent to an activating group) is 1. The van der Waals surface area contributed by atoms with Gasteiger partial charge in [0.1, 0.15) is 11.2 Å². The van der Waals surface area contributed by atoms with Crippen LogP contribution in [-0.2, 0) is 45.8 Å². The van der Waals surface area contributed by atoms with E-state index in [1.165, 1.54) is 21.1 Å². The third kappa shape index (κ3) is 5.20. The van der Waals surface area contributed by atoms with Crippen LogP contribution in [-0.4, -0.2) is 133 Å². The molecule has 6 heterocycles. The Balaban J connectivity index is 1.36. The van der Waals surface area contributed by atoms with E-state index in [2.05, 4.69) is 39.1 Å². The molecule has 1 unspecified atom stereocenters. The number of carbonyl (C=O) groups excluding carboxylic acids is 3. The topological polar surface area (TPSA) is 154 Å². The SMILES string of the molecule is CC[C@]1(O)C[C@H]2CN(CCc3c([nH]c4ccccc34)[C@@](C(=O)OC)(c3cc4c(cc3OC)N(C)[C@H]3[C@@](O)(C(=O)OC)[C@H](OC(C)=O)[C@]5(CC)C=CCN6CC[C@]43[C@H]65)C2)C1. The number of methoxy groups -OCH3 is 3. The van der Waals surface area contributed by atoms with Crippen LogP contribution in [0.3, 0.4) is 0 Å². The van der Waals surface area contributed by atoms with Gasteiger partial charge in [0.15, 0.2) is 6.10 Å². The molecular formula is C46H58N4O9. The summed E-state index contributed by atoms with van der Waals surface area (Å²) < 4.78 is 23.9. The van der Waals surface area contributed by atoms with E-state index < -0.39 is 57.5 Å². The van der Waals surface area contributed by atoms with Crippen molar-refractivity contribution in [2.45, 2.75) is 99.5 Å². The van der Waals surface area contributed by atoms with Gasteiger partial charge in [-0.1, -0.05) is 44.2 Å². The van der Waals surface area contributed by atoms with Crippen molar-refractivity contribution < 1.29 is 43.5 Å². The molecule has 0 amide bonds. The van der Waals surface area contributed by atoms with E-state index in [0.29, 0.717) is 82.6 Å². The molecule has 3 aromatic rings. The molecule has 2 aromatic carbocycles. The Kier molecular flexibility index (Phi) is 9.36. The molecule has 6 aliphatic rings. The standard InChI is InChI=1S/C46H58N4O9/c1-8-42(54)23-28-24-45(40(52)57-6,36-30(15-19-49(25-28)26-42)29-13-10-11-14-33(29)47-36)32-21-31-34(22-35(32)56-5)48(4)38-44(31)17-20-50-18-12-16-43(9-2,37(44)50)39(59-27(3)51)46(38,55)41(53)58-7/h10-14,16,21-22,28,37-39,47,54-55H,8-9,15,17-20,23-26H2,1-7H3/t28-,37-,38-,39-,42+,43-,44-,45+,46+/m1/s1. The number of benzene rings is 2. The number of hydrogen-bond donors (Lipinski definition) is 3. The van der Waals surface area contributed by atoms with Crippen LogP contribution in [0.2, 0.25) is 0 Å². The summed E-state index contributed by atoms with van der Waals surface area (Å²) in [4.78, 5) is 53.2. The third-order valence-electron chi connectivity index (χ3n) is 15.6. The van der Waals surface area contributed by atoms with Gasteiger partial charge in [-0.3, -0.25) is 19.4 Å². The number of carbonyl (C=O) groups is 3. The lowest BCUT2D eigenvalue weighted by Crippen LogP contribution is -2.81. The van der Waals surface area contributed by atoms with Crippen LogP contribution in [0.25, 0.3) is 10.9 Å². The molecule has 13 nitrogen and oxygen atoms in total. The van der Waals surface area contributed by atoms with Gasteiger partial charge in [0.05, 0.1) is 33.0 Å². The van der Waals surface area contributed by atoms with Crippen LogP contribution in [0.5, 0.6) is 5.75 Å². The number of aliphatic hydroxyl groups is 2. The number of aromatic nitrogens is 1. The Morgan fingerprint density at radius 1 is 0.949 bits per heavy atom. The predicted molar refractivity (Wildman–Crippen MR) is 220 cm³/mol. The summed E-state index contributed by atoms with van der Waals surface area (Å²) >= 11 is 0. The highest BCUT2D eigenvalue weighted by atomic mass is 16.6. The predicted octanol–water partition coefficient (Wildman–Crippen LogP) is 3.99. The Bertz CT molecular complexity index is 2260. The Morgan fingerprint density at radius 3 is 2.41 bits per heavy atom. The Morgan fingerprint density at radius 2 is 1.71 bits per heavy atom. The fourth-order valence-electron chi connectivity index (χ4n) is 13.5. The Hall–Kier alpha value is -4.43. The van der Waals surface area contributed by atoms with Crippen molar-refractivity contribution in [2.75, 3.05) is 66.0 Å². The van der Waals surface area contributed by atoms with Crippen molar-refractivity contribution in [3.05, 3.63) is 70.9 Å². The van der Waals surface area contributed by atoms with Gasteiger partial charge in [0.25, 0.3) is 0 Å².